The van der Waals surface area contributed by atoms with E-state index in [4.69, 9.17) is 0 Å². The summed E-state index contributed by atoms with van der Waals surface area (Å²) in [4.78, 5) is 5.73. The average Bonchev–Trinajstić information content (AvgIpc) is 2.87. The number of thiazole rings is 1. The smallest absolute Gasteiger partial charge is 0.176 e. The lowest BCUT2D eigenvalue weighted by Crippen LogP contribution is -1.98. The Bertz CT molecular complexity index is 852. The number of aromatic nitrogens is 1. The van der Waals surface area contributed by atoms with Crippen molar-refractivity contribution in [1.29, 1.82) is 0 Å². The number of para-hydroxylation sites is 1. The molecule has 0 bridgehead atoms. The van der Waals surface area contributed by atoms with E-state index in [-0.39, 0.29) is 0 Å². The van der Waals surface area contributed by atoms with E-state index < -0.39 is 9.84 Å². The van der Waals surface area contributed by atoms with Crippen LogP contribution in [-0.4, -0.2) is 19.7 Å². The van der Waals surface area contributed by atoms with Gasteiger partial charge in [-0.25, -0.2) is 13.4 Å². The van der Waals surface area contributed by atoms with Gasteiger partial charge in [-0.1, -0.05) is 24.3 Å². The molecule has 0 saturated heterocycles. The van der Waals surface area contributed by atoms with Crippen LogP contribution in [0.15, 0.2) is 58.3 Å². The van der Waals surface area contributed by atoms with E-state index >= 15 is 0 Å². The Labute approximate surface area is 132 Å². The van der Waals surface area contributed by atoms with Gasteiger partial charge < -0.3 is 0 Å². The molecular weight excluding hydrogens is 322 g/mol. The van der Waals surface area contributed by atoms with Crippen LogP contribution in [0.25, 0.3) is 10.2 Å². The Morgan fingerprint density at radius 2 is 1.81 bits per heavy atom. The van der Waals surface area contributed by atoms with Crippen LogP contribution >= 0.6 is 23.1 Å². The van der Waals surface area contributed by atoms with Gasteiger partial charge in [0.25, 0.3) is 0 Å². The molecule has 1 aromatic heterocycles. The van der Waals surface area contributed by atoms with Gasteiger partial charge in [-0.3, -0.25) is 0 Å². The number of sulfone groups is 1. The first-order valence-electron chi connectivity index (χ1n) is 6.30. The molecule has 0 fully saturated rings. The SMILES string of the molecule is CS(=O)(=O)c1ccccc1SCc1nc2ccccc2s1. The molecule has 21 heavy (non-hydrogen) atoms. The average molecular weight is 335 g/mol. The largest absolute Gasteiger partial charge is 0.240 e. The van der Waals surface area contributed by atoms with Crippen LogP contribution in [-0.2, 0) is 15.6 Å². The predicted molar refractivity (Wildman–Crippen MR) is 88.7 cm³/mol. The van der Waals surface area contributed by atoms with Gasteiger partial charge >= 0.3 is 0 Å². The van der Waals surface area contributed by atoms with E-state index in [2.05, 4.69) is 4.98 Å². The van der Waals surface area contributed by atoms with E-state index in [0.717, 1.165) is 20.1 Å². The second kappa shape index (κ2) is 5.79. The summed E-state index contributed by atoms with van der Waals surface area (Å²) < 4.78 is 24.7. The van der Waals surface area contributed by atoms with Crippen LogP contribution in [0.5, 0.6) is 0 Å². The number of fused-ring (bicyclic) bond motifs is 1. The van der Waals surface area contributed by atoms with Crippen molar-refractivity contribution >= 4 is 43.2 Å². The molecule has 6 heteroatoms. The molecule has 0 radical (unpaired) electrons. The summed E-state index contributed by atoms with van der Waals surface area (Å²) in [5, 5.41) is 1.00. The molecule has 1 heterocycles. The Morgan fingerprint density at radius 3 is 2.57 bits per heavy atom. The van der Waals surface area contributed by atoms with E-state index in [1.54, 1.807) is 23.5 Å². The molecule has 108 valence electrons. The Morgan fingerprint density at radius 1 is 1.10 bits per heavy atom. The molecular formula is C15H13NO2S3. The summed E-state index contributed by atoms with van der Waals surface area (Å²) in [7, 11) is -3.20. The highest BCUT2D eigenvalue weighted by Gasteiger charge is 2.13. The van der Waals surface area contributed by atoms with E-state index in [9.17, 15) is 8.42 Å². The first-order chi connectivity index (χ1) is 10.0. The predicted octanol–water partition coefficient (Wildman–Crippen LogP) is 3.99. The fourth-order valence-corrected chi connectivity index (χ4v) is 5.29. The number of benzene rings is 2. The lowest BCUT2D eigenvalue weighted by atomic mass is 10.3. The molecule has 0 unspecified atom stereocenters. The van der Waals surface area contributed by atoms with Crippen molar-refractivity contribution in [2.45, 2.75) is 15.5 Å². The standard InChI is InChI=1S/C15H13NO2S3/c1-21(17,18)14-9-5-4-8-13(14)19-10-15-16-11-6-2-3-7-12(11)20-15/h2-9H,10H2,1H3. The minimum Gasteiger partial charge on any atom is -0.240 e. The lowest BCUT2D eigenvalue weighted by Gasteiger charge is -2.05. The molecule has 0 saturated carbocycles. The summed E-state index contributed by atoms with van der Waals surface area (Å²) in [5.41, 5.74) is 0.995. The zero-order chi connectivity index (χ0) is 14.9. The van der Waals surface area contributed by atoms with Crippen molar-refractivity contribution in [1.82, 2.24) is 4.98 Å². The number of nitrogens with zero attached hydrogens (tertiary/aromatic N) is 1. The van der Waals surface area contributed by atoms with Gasteiger partial charge in [0.15, 0.2) is 9.84 Å². The first-order valence-corrected chi connectivity index (χ1v) is 10.00. The molecule has 3 aromatic rings. The first kappa shape index (κ1) is 14.6. The lowest BCUT2D eigenvalue weighted by molar-refractivity contribution is 0.600. The maximum atomic E-state index is 11.8. The van der Waals surface area contributed by atoms with E-state index in [1.165, 1.54) is 18.0 Å². The number of hydrogen-bond acceptors (Lipinski definition) is 5. The fourth-order valence-electron chi connectivity index (χ4n) is 2.00. The molecule has 3 nitrogen and oxygen atoms in total. The Hall–Kier alpha value is -1.37. The summed E-state index contributed by atoms with van der Waals surface area (Å²) in [6.45, 7) is 0. The third kappa shape index (κ3) is 3.28. The molecule has 0 aliphatic rings. The van der Waals surface area contributed by atoms with Gasteiger partial charge in [0.1, 0.15) is 5.01 Å². The number of thioether (sulfide) groups is 1. The third-order valence-electron chi connectivity index (χ3n) is 2.94. The number of rotatable bonds is 4. The zero-order valence-electron chi connectivity index (χ0n) is 11.3. The zero-order valence-corrected chi connectivity index (χ0v) is 13.8. The summed E-state index contributed by atoms with van der Waals surface area (Å²) in [6, 6.07) is 15.1. The van der Waals surface area contributed by atoms with Crippen molar-refractivity contribution in [3.8, 4) is 0 Å². The van der Waals surface area contributed by atoms with E-state index in [0.29, 0.717) is 10.6 Å². The van der Waals surface area contributed by atoms with Gasteiger partial charge in [0.2, 0.25) is 0 Å². The quantitative estimate of drug-likeness (QED) is 0.676. The second-order valence-corrected chi connectivity index (χ2v) is 8.70. The van der Waals surface area contributed by atoms with Crippen LogP contribution in [0.1, 0.15) is 5.01 Å². The highest BCUT2D eigenvalue weighted by atomic mass is 32.2. The van der Waals surface area contributed by atoms with Gasteiger partial charge in [0.05, 0.1) is 20.9 Å². The molecule has 0 aliphatic heterocycles. The minimum absolute atomic E-state index is 0.385. The van der Waals surface area contributed by atoms with Gasteiger partial charge in [-0.15, -0.1) is 23.1 Å². The van der Waals surface area contributed by atoms with Gasteiger partial charge in [0, 0.05) is 11.2 Å². The topological polar surface area (TPSA) is 47.0 Å². The normalized spacial score (nSPS) is 11.9. The van der Waals surface area contributed by atoms with Gasteiger partial charge in [-0.2, -0.15) is 0 Å². The van der Waals surface area contributed by atoms with Crippen molar-refractivity contribution < 1.29 is 8.42 Å². The maximum Gasteiger partial charge on any atom is 0.176 e. The Kier molecular flexibility index (Phi) is 4.01. The fraction of sp³-hybridized carbons (Fsp3) is 0.133. The molecule has 0 amide bonds. The highest BCUT2D eigenvalue weighted by Crippen LogP contribution is 2.31. The van der Waals surface area contributed by atoms with Crippen LogP contribution in [0.2, 0.25) is 0 Å². The van der Waals surface area contributed by atoms with Crippen molar-refractivity contribution in [3.63, 3.8) is 0 Å². The summed E-state index contributed by atoms with van der Waals surface area (Å²) in [6.07, 6.45) is 1.24. The highest BCUT2D eigenvalue weighted by molar-refractivity contribution is 7.99. The van der Waals surface area contributed by atoms with Crippen molar-refractivity contribution in [3.05, 3.63) is 53.5 Å². The van der Waals surface area contributed by atoms with Crippen LogP contribution in [0.4, 0.5) is 0 Å². The van der Waals surface area contributed by atoms with Crippen molar-refractivity contribution in [2.75, 3.05) is 6.26 Å². The van der Waals surface area contributed by atoms with Gasteiger partial charge in [-0.05, 0) is 24.3 Å². The molecule has 0 N–H and O–H groups in total. The second-order valence-electron chi connectivity index (χ2n) is 4.58. The van der Waals surface area contributed by atoms with Crippen LogP contribution in [0, 0.1) is 0 Å². The van der Waals surface area contributed by atoms with Crippen molar-refractivity contribution in [2.24, 2.45) is 0 Å². The monoisotopic (exact) mass is 335 g/mol. The number of hydrogen-bond donors (Lipinski definition) is 0. The summed E-state index contributed by atoms with van der Waals surface area (Å²) in [5.74, 6) is 0.673. The van der Waals surface area contributed by atoms with E-state index in [1.807, 2.05) is 36.4 Å². The van der Waals surface area contributed by atoms with Crippen LogP contribution in [0.3, 0.4) is 0 Å². The Balaban J connectivity index is 1.85. The molecule has 0 atom stereocenters. The summed E-state index contributed by atoms with van der Waals surface area (Å²) >= 11 is 3.16. The molecule has 2 aromatic carbocycles. The molecule has 3 rings (SSSR count). The maximum absolute atomic E-state index is 11.8. The van der Waals surface area contributed by atoms with Crippen LogP contribution < -0.4 is 0 Å². The molecule has 0 aliphatic carbocycles. The minimum atomic E-state index is -3.20. The molecule has 0 spiro atoms. The third-order valence-corrected chi connectivity index (χ3v) is 6.53.